The average Bonchev–Trinajstić information content (AvgIpc) is 3.08. The van der Waals surface area contributed by atoms with Crippen LogP contribution in [0.5, 0.6) is 0 Å². The topological polar surface area (TPSA) is 107 Å². The first-order chi connectivity index (χ1) is 22.3. The first-order valence-corrected chi connectivity index (χ1v) is 16.4. The molecule has 0 saturated heterocycles. The SMILES string of the molecule is CN(C)c1cccc2c(S(=O)(=O)Nc3ccccc3C(Nc3ccccn3)C(c3ccccn3)C(O)c3ccccc3)cccc12. The molecule has 9 heteroatoms. The number of nitrogens with one attached hydrogen (secondary N) is 2. The molecule has 0 saturated carbocycles. The maximum absolute atomic E-state index is 14.2. The van der Waals surface area contributed by atoms with Crippen molar-refractivity contribution in [3.63, 3.8) is 0 Å². The van der Waals surface area contributed by atoms with Crippen LogP contribution in [-0.2, 0) is 10.0 Å². The van der Waals surface area contributed by atoms with Gasteiger partial charge in [-0.25, -0.2) is 13.4 Å². The first-order valence-electron chi connectivity index (χ1n) is 15.0. The van der Waals surface area contributed by atoms with E-state index in [0.29, 0.717) is 33.7 Å². The Labute approximate surface area is 269 Å². The molecule has 0 bridgehead atoms. The number of hydrogen-bond acceptors (Lipinski definition) is 7. The Kier molecular flexibility index (Phi) is 8.96. The Hall–Kier alpha value is -5.25. The summed E-state index contributed by atoms with van der Waals surface area (Å²) in [4.78, 5) is 11.3. The second-order valence-corrected chi connectivity index (χ2v) is 12.8. The van der Waals surface area contributed by atoms with E-state index in [9.17, 15) is 13.5 Å². The highest BCUT2D eigenvalue weighted by Gasteiger charge is 2.35. The van der Waals surface area contributed by atoms with Crippen LogP contribution in [0.2, 0.25) is 0 Å². The van der Waals surface area contributed by atoms with Gasteiger partial charge in [-0.1, -0.05) is 84.9 Å². The maximum atomic E-state index is 14.2. The summed E-state index contributed by atoms with van der Waals surface area (Å²) in [6.45, 7) is 0. The maximum Gasteiger partial charge on any atom is 0.262 e. The molecular weight excluding hydrogens is 595 g/mol. The van der Waals surface area contributed by atoms with Crippen LogP contribution < -0.4 is 14.9 Å². The number of hydrogen-bond donors (Lipinski definition) is 3. The van der Waals surface area contributed by atoms with Crippen LogP contribution in [0, 0.1) is 0 Å². The minimum Gasteiger partial charge on any atom is -0.388 e. The number of aliphatic hydroxyl groups is 1. The van der Waals surface area contributed by atoms with Crippen LogP contribution in [0.25, 0.3) is 10.8 Å². The minimum atomic E-state index is -4.06. The van der Waals surface area contributed by atoms with Gasteiger partial charge in [0.15, 0.2) is 0 Å². The fourth-order valence-corrected chi connectivity index (χ4v) is 7.17. The monoisotopic (exact) mass is 629 g/mol. The third kappa shape index (κ3) is 6.42. The van der Waals surface area contributed by atoms with E-state index in [2.05, 4.69) is 20.0 Å². The zero-order chi connectivity index (χ0) is 32.1. The number of rotatable bonds is 11. The number of anilines is 3. The lowest BCUT2D eigenvalue weighted by molar-refractivity contribution is 0.133. The molecule has 4 aromatic carbocycles. The normalized spacial score (nSPS) is 13.5. The smallest absolute Gasteiger partial charge is 0.262 e. The number of pyridine rings is 2. The van der Waals surface area contributed by atoms with Gasteiger partial charge in [0.05, 0.1) is 28.6 Å². The Balaban J connectivity index is 1.49. The van der Waals surface area contributed by atoms with Crippen molar-refractivity contribution in [1.82, 2.24) is 9.97 Å². The van der Waals surface area contributed by atoms with Gasteiger partial charge in [0.1, 0.15) is 5.82 Å². The third-order valence-corrected chi connectivity index (χ3v) is 9.43. The van der Waals surface area contributed by atoms with Gasteiger partial charge in [-0.3, -0.25) is 9.71 Å². The summed E-state index contributed by atoms with van der Waals surface area (Å²) >= 11 is 0. The van der Waals surface area contributed by atoms with Gasteiger partial charge in [0.2, 0.25) is 0 Å². The van der Waals surface area contributed by atoms with E-state index in [0.717, 1.165) is 11.1 Å². The molecule has 232 valence electrons. The highest BCUT2D eigenvalue weighted by atomic mass is 32.2. The molecule has 6 rings (SSSR count). The molecule has 3 unspecified atom stereocenters. The van der Waals surface area contributed by atoms with E-state index in [1.54, 1.807) is 36.7 Å². The number of para-hydroxylation sites is 1. The van der Waals surface area contributed by atoms with Crippen LogP contribution >= 0.6 is 0 Å². The second-order valence-electron chi connectivity index (χ2n) is 11.2. The summed E-state index contributed by atoms with van der Waals surface area (Å²) < 4.78 is 31.3. The number of benzene rings is 4. The summed E-state index contributed by atoms with van der Waals surface area (Å²) in [7, 11) is -0.201. The number of sulfonamides is 1. The van der Waals surface area contributed by atoms with Crippen molar-refractivity contribution in [3.05, 3.63) is 157 Å². The number of fused-ring (bicyclic) bond motifs is 1. The molecule has 6 aromatic rings. The molecule has 3 N–H and O–H groups in total. The van der Waals surface area contributed by atoms with Crippen LogP contribution in [0.1, 0.15) is 34.9 Å². The van der Waals surface area contributed by atoms with Crippen molar-refractivity contribution in [3.8, 4) is 0 Å². The molecule has 0 radical (unpaired) electrons. The number of aliphatic hydroxyl groups excluding tert-OH is 1. The lowest BCUT2D eigenvalue weighted by Crippen LogP contribution is -2.27. The summed E-state index contributed by atoms with van der Waals surface area (Å²) in [5, 5.41) is 17.0. The van der Waals surface area contributed by atoms with Gasteiger partial charge >= 0.3 is 0 Å². The van der Waals surface area contributed by atoms with Crippen LogP contribution in [0.3, 0.4) is 0 Å². The summed E-state index contributed by atoms with van der Waals surface area (Å²) in [6, 6.07) is 38.0. The van der Waals surface area contributed by atoms with Crippen molar-refractivity contribution in [1.29, 1.82) is 0 Å². The fraction of sp³-hybridized carbons (Fsp3) is 0.135. The van der Waals surface area contributed by atoms with Crippen LogP contribution in [0.15, 0.2) is 145 Å². The van der Waals surface area contributed by atoms with Crippen molar-refractivity contribution >= 4 is 38.0 Å². The fourth-order valence-electron chi connectivity index (χ4n) is 5.86. The lowest BCUT2D eigenvalue weighted by Gasteiger charge is -2.33. The Bertz CT molecular complexity index is 2030. The predicted molar refractivity (Wildman–Crippen MR) is 185 cm³/mol. The molecule has 2 heterocycles. The summed E-state index contributed by atoms with van der Waals surface area (Å²) in [5.74, 6) is -0.0758. The Morgan fingerprint density at radius 3 is 2.09 bits per heavy atom. The first kappa shape index (κ1) is 30.8. The van der Waals surface area contributed by atoms with Gasteiger partial charge in [-0.05, 0) is 53.6 Å². The largest absolute Gasteiger partial charge is 0.388 e. The number of aromatic nitrogens is 2. The summed E-state index contributed by atoms with van der Waals surface area (Å²) in [5.41, 5.74) is 3.25. The third-order valence-electron chi connectivity index (χ3n) is 8.01. The summed E-state index contributed by atoms with van der Waals surface area (Å²) in [6.07, 6.45) is 2.37. The molecule has 0 aliphatic rings. The molecule has 46 heavy (non-hydrogen) atoms. The van der Waals surface area contributed by atoms with Crippen molar-refractivity contribution in [2.45, 2.75) is 23.0 Å². The minimum absolute atomic E-state index is 0.170. The Morgan fingerprint density at radius 2 is 1.37 bits per heavy atom. The molecule has 0 aliphatic heterocycles. The van der Waals surface area contributed by atoms with Gasteiger partial charge in [0.25, 0.3) is 10.0 Å². The molecular formula is C37H35N5O3S. The number of nitrogens with zero attached hydrogens (tertiary/aromatic N) is 3. The van der Waals surface area contributed by atoms with E-state index in [4.69, 9.17) is 0 Å². The average molecular weight is 630 g/mol. The van der Waals surface area contributed by atoms with Crippen LogP contribution in [-0.4, -0.2) is 37.6 Å². The lowest BCUT2D eigenvalue weighted by atomic mass is 9.82. The molecule has 3 atom stereocenters. The van der Waals surface area contributed by atoms with Gasteiger partial charge in [-0.15, -0.1) is 0 Å². The van der Waals surface area contributed by atoms with Crippen molar-refractivity contribution < 1.29 is 13.5 Å². The van der Waals surface area contributed by atoms with E-state index < -0.39 is 28.1 Å². The Morgan fingerprint density at radius 1 is 0.696 bits per heavy atom. The highest BCUT2D eigenvalue weighted by Crippen LogP contribution is 2.44. The zero-order valence-electron chi connectivity index (χ0n) is 25.5. The standard InChI is InChI=1S/C37H35N5O3S/c1-42(2)32-21-12-18-28-27(32)17-13-22-33(28)46(44,45)41-30-19-7-6-16-29(30)36(40-34-23-9-11-25-39-34)35(31-20-8-10-24-38-31)37(43)26-14-4-3-5-15-26/h3-25,35-37,41,43H,1-2H3,(H,39,40). The van der Waals surface area contributed by atoms with Crippen LogP contribution in [0.4, 0.5) is 17.2 Å². The van der Waals surface area contributed by atoms with Crippen molar-refractivity contribution in [2.24, 2.45) is 0 Å². The molecule has 0 fully saturated rings. The molecule has 8 nitrogen and oxygen atoms in total. The van der Waals surface area contributed by atoms with Crippen molar-refractivity contribution in [2.75, 3.05) is 29.0 Å². The van der Waals surface area contributed by atoms with Gasteiger partial charge < -0.3 is 15.3 Å². The molecule has 0 spiro atoms. The zero-order valence-corrected chi connectivity index (χ0v) is 26.3. The van der Waals surface area contributed by atoms with E-state index in [1.807, 2.05) is 122 Å². The van der Waals surface area contributed by atoms with E-state index in [1.165, 1.54) is 0 Å². The highest BCUT2D eigenvalue weighted by molar-refractivity contribution is 7.93. The molecule has 2 aromatic heterocycles. The van der Waals surface area contributed by atoms with E-state index in [-0.39, 0.29) is 4.90 Å². The quantitative estimate of drug-likeness (QED) is 0.140. The molecule has 0 amide bonds. The second kappa shape index (κ2) is 13.4. The van der Waals surface area contributed by atoms with Gasteiger partial charge in [0, 0.05) is 48.6 Å². The van der Waals surface area contributed by atoms with E-state index >= 15 is 0 Å². The molecule has 0 aliphatic carbocycles. The predicted octanol–water partition coefficient (Wildman–Crippen LogP) is 7.17. The van der Waals surface area contributed by atoms with Gasteiger partial charge in [-0.2, -0.15) is 0 Å².